The van der Waals surface area contributed by atoms with Gasteiger partial charge in [0.15, 0.2) is 0 Å². The molecule has 28 heavy (non-hydrogen) atoms. The van der Waals surface area contributed by atoms with Crippen molar-refractivity contribution in [3.8, 4) is 0 Å². The number of hydrogen-bond donors (Lipinski definition) is 0. The second-order valence-corrected chi connectivity index (χ2v) is 8.32. The Hall–Kier alpha value is -0.790. The molecule has 0 aromatic carbocycles. The lowest BCUT2D eigenvalue weighted by molar-refractivity contribution is -0.143. The third kappa shape index (κ3) is 23.2. The van der Waals surface area contributed by atoms with Crippen molar-refractivity contribution in [1.82, 2.24) is 0 Å². The molecule has 0 aliphatic rings. The Bertz CT molecular complexity index is 335. The van der Waals surface area contributed by atoms with E-state index in [0.717, 1.165) is 25.7 Å². The first-order chi connectivity index (χ1) is 13.8. The van der Waals surface area contributed by atoms with E-state index in [2.05, 4.69) is 26.0 Å². The van der Waals surface area contributed by atoms with Crippen LogP contribution in [-0.4, -0.2) is 12.6 Å². The lowest BCUT2D eigenvalue weighted by atomic mass is 10.1. The molecule has 0 rings (SSSR count). The van der Waals surface area contributed by atoms with Crippen molar-refractivity contribution >= 4 is 5.97 Å². The van der Waals surface area contributed by atoms with E-state index in [-0.39, 0.29) is 5.97 Å². The predicted molar refractivity (Wildman–Crippen MR) is 124 cm³/mol. The summed E-state index contributed by atoms with van der Waals surface area (Å²) in [6.45, 7) is 5.12. The molecule has 0 fully saturated rings. The Morgan fingerprint density at radius 1 is 0.571 bits per heavy atom. The van der Waals surface area contributed by atoms with E-state index < -0.39 is 0 Å². The van der Waals surface area contributed by atoms with Gasteiger partial charge in [-0.05, 0) is 38.5 Å². The van der Waals surface area contributed by atoms with Crippen molar-refractivity contribution in [3.05, 3.63) is 12.2 Å². The van der Waals surface area contributed by atoms with Crippen LogP contribution in [0.2, 0.25) is 0 Å². The Balaban J connectivity index is 3.21. The quantitative estimate of drug-likeness (QED) is 0.104. The van der Waals surface area contributed by atoms with Gasteiger partial charge in [-0.15, -0.1) is 0 Å². The third-order valence-corrected chi connectivity index (χ3v) is 5.40. The summed E-state index contributed by atoms with van der Waals surface area (Å²) in [6.07, 6.45) is 29.6. The molecule has 2 heteroatoms. The van der Waals surface area contributed by atoms with Crippen LogP contribution in [0.25, 0.3) is 0 Å². The summed E-state index contributed by atoms with van der Waals surface area (Å²) >= 11 is 0. The van der Waals surface area contributed by atoms with Crippen LogP contribution >= 0.6 is 0 Å². The number of esters is 1. The number of carbonyl (C=O) groups is 1. The van der Waals surface area contributed by atoms with E-state index in [1.165, 1.54) is 96.3 Å². The van der Waals surface area contributed by atoms with E-state index in [9.17, 15) is 4.79 Å². The molecule has 0 amide bonds. The van der Waals surface area contributed by atoms with E-state index in [1.54, 1.807) is 0 Å². The monoisotopic (exact) mass is 394 g/mol. The van der Waals surface area contributed by atoms with Crippen LogP contribution in [0.15, 0.2) is 12.2 Å². The number of rotatable bonds is 22. The summed E-state index contributed by atoms with van der Waals surface area (Å²) in [4.78, 5) is 11.7. The number of ether oxygens (including phenoxy) is 1. The molecule has 0 spiro atoms. The van der Waals surface area contributed by atoms with Gasteiger partial charge in [0.1, 0.15) is 0 Å². The van der Waals surface area contributed by atoms with Crippen LogP contribution in [0.5, 0.6) is 0 Å². The average Bonchev–Trinajstić information content (AvgIpc) is 2.70. The maximum Gasteiger partial charge on any atom is 0.305 e. The van der Waals surface area contributed by atoms with Gasteiger partial charge in [0.05, 0.1) is 6.61 Å². The molecule has 0 aliphatic heterocycles. The minimum Gasteiger partial charge on any atom is -0.466 e. The summed E-state index contributed by atoms with van der Waals surface area (Å²) < 4.78 is 5.31. The highest BCUT2D eigenvalue weighted by atomic mass is 16.5. The lowest BCUT2D eigenvalue weighted by Gasteiger charge is -2.04. The molecule has 0 heterocycles. The molecule has 2 nitrogen and oxygen atoms in total. The second kappa shape index (κ2) is 24.2. The minimum atomic E-state index is -0.00719. The van der Waals surface area contributed by atoms with Gasteiger partial charge < -0.3 is 4.74 Å². The van der Waals surface area contributed by atoms with Crippen LogP contribution in [0.4, 0.5) is 0 Å². The highest BCUT2D eigenvalue weighted by molar-refractivity contribution is 5.69. The van der Waals surface area contributed by atoms with Crippen molar-refractivity contribution in [1.29, 1.82) is 0 Å². The number of hydrogen-bond acceptors (Lipinski definition) is 2. The first-order valence-electron chi connectivity index (χ1n) is 12.6. The molecule has 0 saturated carbocycles. The summed E-state index contributed by atoms with van der Waals surface area (Å²) in [5, 5.41) is 0. The zero-order chi connectivity index (χ0) is 20.5. The number of unbranched alkanes of at least 4 members (excludes halogenated alkanes) is 16. The van der Waals surface area contributed by atoms with Crippen LogP contribution in [0.1, 0.15) is 142 Å². The Kier molecular flexibility index (Phi) is 23.6. The smallest absolute Gasteiger partial charge is 0.305 e. The highest BCUT2D eigenvalue weighted by Crippen LogP contribution is 2.11. The molecular weight excluding hydrogens is 344 g/mol. The molecular formula is C26H50O2. The molecule has 0 N–H and O–H groups in total. The number of allylic oxidation sites excluding steroid dienone is 2. The lowest BCUT2D eigenvalue weighted by Crippen LogP contribution is -2.05. The fourth-order valence-electron chi connectivity index (χ4n) is 3.48. The first kappa shape index (κ1) is 27.2. The average molecular weight is 395 g/mol. The SMILES string of the molecule is CCCCCCCCCCC/C=C\CCCCC(=O)OCCCCCCCC. The number of carbonyl (C=O) groups excluding carboxylic acids is 1. The van der Waals surface area contributed by atoms with Crippen molar-refractivity contribution in [2.24, 2.45) is 0 Å². The van der Waals surface area contributed by atoms with Gasteiger partial charge in [-0.3, -0.25) is 4.79 Å². The van der Waals surface area contributed by atoms with E-state index in [1.807, 2.05) is 0 Å². The summed E-state index contributed by atoms with van der Waals surface area (Å²) in [7, 11) is 0. The van der Waals surface area contributed by atoms with E-state index >= 15 is 0 Å². The minimum absolute atomic E-state index is 0.00719. The van der Waals surface area contributed by atoms with Gasteiger partial charge in [-0.25, -0.2) is 0 Å². The fourth-order valence-corrected chi connectivity index (χ4v) is 3.48. The highest BCUT2D eigenvalue weighted by Gasteiger charge is 2.01. The predicted octanol–water partition coefficient (Wildman–Crippen LogP) is 8.93. The van der Waals surface area contributed by atoms with Crippen LogP contribution in [0, 0.1) is 0 Å². The summed E-state index contributed by atoms with van der Waals surface area (Å²) in [6, 6.07) is 0. The molecule has 0 bridgehead atoms. The maximum absolute atomic E-state index is 11.7. The zero-order valence-electron chi connectivity index (χ0n) is 19.3. The van der Waals surface area contributed by atoms with Crippen molar-refractivity contribution in [2.75, 3.05) is 6.61 Å². The maximum atomic E-state index is 11.7. The summed E-state index contributed by atoms with van der Waals surface area (Å²) in [5.74, 6) is -0.00719. The van der Waals surface area contributed by atoms with E-state index in [0.29, 0.717) is 13.0 Å². The Morgan fingerprint density at radius 3 is 1.54 bits per heavy atom. The molecule has 0 radical (unpaired) electrons. The largest absolute Gasteiger partial charge is 0.466 e. The van der Waals surface area contributed by atoms with Gasteiger partial charge >= 0.3 is 5.97 Å². The molecule has 166 valence electrons. The third-order valence-electron chi connectivity index (χ3n) is 5.40. The van der Waals surface area contributed by atoms with Gasteiger partial charge in [-0.2, -0.15) is 0 Å². The first-order valence-corrected chi connectivity index (χ1v) is 12.6. The van der Waals surface area contributed by atoms with Crippen LogP contribution in [0.3, 0.4) is 0 Å². The molecule has 0 unspecified atom stereocenters. The van der Waals surface area contributed by atoms with Crippen LogP contribution in [-0.2, 0) is 9.53 Å². The molecule has 0 saturated heterocycles. The Morgan fingerprint density at radius 2 is 1.00 bits per heavy atom. The second-order valence-electron chi connectivity index (χ2n) is 8.32. The fraction of sp³-hybridized carbons (Fsp3) is 0.885. The van der Waals surface area contributed by atoms with Crippen molar-refractivity contribution < 1.29 is 9.53 Å². The van der Waals surface area contributed by atoms with Gasteiger partial charge in [0.2, 0.25) is 0 Å². The molecule has 0 aliphatic carbocycles. The molecule has 0 aromatic heterocycles. The zero-order valence-corrected chi connectivity index (χ0v) is 19.3. The molecule has 0 aromatic rings. The van der Waals surface area contributed by atoms with E-state index in [4.69, 9.17) is 4.74 Å². The van der Waals surface area contributed by atoms with Crippen molar-refractivity contribution in [2.45, 2.75) is 142 Å². The van der Waals surface area contributed by atoms with Gasteiger partial charge in [0, 0.05) is 6.42 Å². The van der Waals surface area contributed by atoms with Crippen LogP contribution < -0.4 is 0 Å². The topological polar surface area (TPSA) is 26.3 Å². The normalized spacial score (nSPS) is 11.4. The Labute approximate surface area is 176 Å². The molecule has 0 atom stereocenters. The van der Waals surface area contributed by atoms with Gasteiger partial charge in [-0.1, -0.05) is 109 Å². The van der Waals surface area contributed by atoms with Gasteiger partial charge in [0.25, 0.3) is 0 Å². The standard InChI is InChI=1S/C26H50O2/c1-3-5-7-9-11-12-13-14-15-16-17-18-19-20-22-24-26(27)28-25-23-21-10-8-6-4-2/h17-18H,3-16,19-25H2,1-2H3/b18-17-. The van der Waals surface area contributed by atoms with Crippen molar-refractivity contribution in [3.63, 3.8) is 0 Å². The summed E-state index contributed by atoms with van der Waals surface area (Å²) in [5.41, 5.74) is 0.